The maximum atomic E-state index is 11.9. The molecule has 0 spiro atoms. The summed E-state index contributed by atoms with van der Waals surface area (Å²) in [6.45, 7) is 0.213. The van der Waals surface area contributed by atoms with Crippen LogP contribution in [0.5, 0.6) is 11.5 Å². The molecule has 5 heteroatoms. The summed E-state index contributed by atoms with van der Waals surface area (Å²) < 4.78 is 10.4. The Kier molecular flexibility index (Phi) is 5.44. The van der Waals surface area contributed by atoms with Gasteiger partial charge in [-0.2, -0.15) is 0 Å². The van der Waals surface area contributed by atoms with E-state index in [1.807, 2.05) is 0 Å². The number of nitrogens with one attached hydrogen (secondary N) is 1. The van der Waals surface area contributed by atoms with E-state index in [0.29, 0.717) is 17.1 Å². The molecule has 0 heterocycles. The first-order valence-electron chi connectivity index (χ1n) is 7.33. The van der Waals surface area contributed by atoms with Crippen molar-refractivity contribution in [2.24, 2.45) is 5.92 Å². The average Bonchev–Trinajstić information content (AvgIpc) is 3.06. The van der Waals surface area contributed by atoms with Crippen molar-refractivity contribution >= 4 is 5.91 Å². The van der Waals surface area contributed by atoms with Gasteiger partial charge >= 0.3 is 0 Å². The lowest BCUT2D eigenvalue weighted by molar-refractivity contribution is -0.125. The van der Waals surface area contributed by atoms with Gasteiger partial charge in [0.2, 0.25) is 5.91 Å². The largest absolute Gasteiger partial charge is 0.493 e. The Morgan fingerprint density at radius 3 is 2.57 bits per heavy atom. The zero-order valence-corrected chi connectivity index (χ0v) is 12.6. The molecule has 1 amide bonds. The maximum Gasteiger partial charge on any atom is 0.223 e. The fourth-order valence-electron chi connectivity index (χ4n) is 2.71. The number of carbonyl (C=O) groups is 1. The third-order valence-electron chi connectivity index (χ3n) is 3.99. The Morgan fingerprint density at radius 2 is 1.95 bits per heavy atom. The van der Waals surface area contributed by atoms with Crippen molar-refractivity contribution in [1.82, 2.24) is 5.32 Å². The van der Waals surface area contributed by atoms with Gasteiger partial charge in [0.05, 0.1) is 20.3 Å². The van der Waals surface area contributed by atoms with E-state index in [-0.39, 0.29) is 18.4 Å². The van der Waals surface area contributed by atoms with Crippen LogP contribution in [0.2, 0.25) is 0 Å². The Labute approximate surface area is 125 Å². The molecule has 1 atom stereocenters. The summed E-state index contributed by atoms with van der Waals surface area (Å²) in [7, 11) is 3.12. The lowest BCUT2D eigenvalue weighted by Gasteiger charge is -2.16. The molecule has 2 rings (SSSR count). The molecular formula is C16H23NO4. The highest BCUT2D eigenvalue weighted by atomic mass is 16.5. The second-order valence-electron chi connectivity index (χ2n) is 5.36. The molecule has 1 aliphatic rings. The third kappa shape index (κ3) is 3.88. The minimum absolute atomic E-state index is 0.0482. The standard InChI is InChI=1S/C16H23NO4/c1-20-14-8-7-12(9-15(14)21-2)13(18)10-17-16(19)11-5-3-4-6-11/h7-9,11,13,18H,3-6,10H2,1-2H3,(H,17,19). The van der Waals surface area contributed by atoms with Crippen LogP contribution in [-0.4, -0.2) is 31.8 Å². The van der Waals surface area contributed by atoms with E-state index in [2.05, 4.69) is 5.32 Å². The molecule has 21 heavy (non-hydrogen) atoms. The SMILES string of the molecule is COc1ccc(C(O)CNC(=O)C2CCCC2)cc1OC. The van der Waals surface area contributed by atoms with E-state index >= 15 is 0 Å². The van der Waals surface area contributed by atoms with E-state index in [1.165, 1.54) is 0 Å². The summed E-state index contributed by atoms with van der Waals surface area (Å²) in [4.78, 5) is 11.9. The van der Waals surface area contributed by atoms with Crippen LogP contribution >= 0.6 is 0 Å². The molecule has 5 nitrogen and oxygen atoms in total. The highest BCUT2D eigenvalue weighted by Gasteiger charge is 2.23. The molecular weight excluding hydrogens is 270 g/mol. The van der Waals surface area contributed by atoms with Crippen LogP contribution < -0.4 is 14.8 Å². The molecule has 0 aromatic heterocycles. The number of aliphatic hydroxyl groups is 1. The second-order valence-corrected chi connectivity index (χ2v) is 5.36. The number of ether oxygens (including phenoxy) is 2. The molecule has 2 N–H and O–H groups in total. The van der Waals surface area contributed by atoms with Crippen LogP contribution in [0.1, 0.15) is 37.4 Å². The predicted molar refractivity (Wildman–Crippen MR) is 79.5 cm³/mol. The summed E-state index contributed by atoms with van der Waals surface area (Å²) in [5, 5.41) is 13.0. The lowest BCUT2D eigenvalue weighted by Crippen LogP contribution is -2.32. The van der Waals surface area contributed by atoms with Crippen LogP contribution in [0.3, 0.4) is 0 Å². The number of hydrogen-bond acceptors (Lipinski definition) is 4. The van der Waals surface area contributed by atoms with Crippen LogP contribution in [0.15, 0.2) is 18.2 Å². The van der Waals surface area contributed by atoms with Gasteiger partial charge in [-0.05, 0) is 30.5 Å². The van der Waals surface area contributed by atoms with Gasteiger partial charge in [0.15, 0.2) is 11.5 Å². The molecule has 1 aromatic rings. The highest BCUT2D eigenvalue weighted by Crippen LogP contribution is 2.30. The fourth-order valence-corrected chi connectivity index (χ4v) is 2.71. The summed E-state index contributed by atoms with van der Waals surface area (Å²) in [5.74, 6) is 1.34. The molecule has 1 fully saturated rings. The molecule has 0 bridgehead atoms. The van der Waals surface area contributed by atoms with E-state index in [9.17, 15) is 9.90 Å². The van der Waals surface area contributed by atoms with Crippen molar-refractivity contribution in [1.29, 1.82) is 0 Å². The van der Waals surface area contributed by atoms with Crippen LogP contribution in [-0.2, 0) is 4.79 Å². The highest BCUT2D eigenvalue weighted by molar-refractivity contribution is 5.78. The Balaban J connectivity index is 1.93. The smallest absolute Gasteiger partial charge is 0.223 e. The Bertz CT molecular complexity index is 483. The van der Waals surface area contributed by atoms with Gasteiger partial charge in [-0.1, -0.05) is 18.9 Å². The minimum Gasteiger partial charge on any atom is -0.493 e. The number of benzene rings is 1. The average molecular weight is 293 g/mol. The van der Waals surface area contributed by atoms with Crippen molar-refractivity contribution in [2.45, 2.75) is 31.8 Å². The van der Waals surface area contributed by atoms with Crippen molar-refractivity contribution in [3.63, 3.8) is 0 Å². The van der Waals surface area contributed by atoms with E-state index < -0.39 is 6.10 Å². The number of amides is 1. The molecule has 1 unspecified atom stereocenters. The number of carbonyl (C=O) groups excluding carboxylic acids is 1. The molecule has 1 saturated carbocycles. The quantitative estimate of drug-likeness (QED) is 0.842. The van der Waals surface area contributed by atoms with Gasteiger partial charge in [-0.3, -0.25) is 4.79 Å². The fraction of sp³-hybridized carbons (Fsp3) is 0.562. The third-order valence-corrected chi connectivity index (χ3v) is 3.99. The van der Waals surface area contributed by atoms with Gasteiger partial charge in [0.25, 0.3) is 0 Å². The Morgan fingerprint density at radius 1 is 1.29 bits per heavy atom. The van der Waals surface area contributed by atoms with Crippen molar-refractivity contribution in [2.75, 3.05) is 20.8 Å². The summed E-state index contributed by atoms with van der Waals surface area (Å²) in [6, 6.07) is 5.25. The molecule has 116 valence electrons. The maximum absolute atomic E-state index is 11.9. The zero-order valence-electron chi connectivity index (χ0n) is 12.6. The first-order valence-corrected chi connectivity index (χ1v) is 7.33. The van der Waals surface area contributed by atoms with Crippen LogP contribution in [0.4, 0.5) is 0 Å². The summed E-state index contributed by atoms with van der Waals surface area (Å²) >= 11 is 0. The topological polar surface area (TPSA) is 67.8 Å². The van der Waals surface area contributed by atoms with Crippen LogP contribution in [0.25, 0.3) is 0 Å². The van der Waals surface area contributed by atoms with Gasteiger partial charge in [0.1, 0.15) is 0 Å². The van der Waals surface area contributed by atoms with Crippen molar-refractivity contribution < 1.29 is 19.4 Å². The molecule has 0 radical (unpaired) electrons. The van der Waals surface area contributed by atoms with Gasteiger partial charge in [-0.15, -0.1) is 0 Å². The molecule has 0 aliphatic heterocycles. The normalized spacial score (nSPS) is 16.5. The number of methoxy groups -OCH3 is 2. The van der Waals surface area contributed by atoms with Crippen molar-refractivity contribution in [3.05, 3.63) is 23.8 Å². The molecule has 0 saturated heterocycles. The van der Waals surface area contributed by atoms with Gasteiger partial charge in [0, 0.05) is 12.5 Å². The second kappa shape index (κ2) is 7.31. The van der Waals surface area contributed by atoms with Crippen molar-refractivity contribution in [3.8, 4) is 11.5 Å². The van der Waals surface area contributed by atoms with E-state index in [0.717, 1.165) is 25.7 Å². The Hall–Kier alpha value is -1.75. The monoisotopic (exact) mass is 293 g/mol. The zero-order chi connectivity index (χ0) is 15.2. The van der Waals surface area contributed by atoms with Gasteiger partial charge in [-0.25, -0.2) is 0 Å². The number of aliphatic hydroxyl groups excluding tert-OH is 1. The predicted octanol–water partition coefficient (Wildman–Crippen LogP) is 2.04. The van der Waals surface area contributed by atoms with Gasteiger partial charge < -0.3 is 19.9 Å². The van der Waals surface area contributed by atoms with E-state index in [4.69, 9.17) is 9.47 Å². The molecule has 1 aromatic carbocycles. The van der Waals surface area contributed by atoms with Crippen LogP contribution in [0, 0.1) is 5.92 Å². The first-order chi connectivity index (χ1) is 10.2. The minimum atomic E-state index is -0.754. The van der Waals surface area contributed by atoms with E-state index in [1.54, 1.807) is 32.4 Å². The molecule has 1 aliphatic carbocycles. The first kappa shape index (κ1) is 15.6. The number of hydrogen-bond donors (Lipinski definition) is 2. The number of rotatable bonds is 6. The lowest BCUT2D eigenvalue weighted by atomic mass is 10.1. The summed E-state index contributed by atoms with van der Waals surface area (Å²) in [5.41, 5.74) is 0.694. The summed E-state index contributed by atoms with van der Waals surface area (Å²) in [6.07, 6.45) is 3.40.